The smallest absolute Gasteiger partial charge is 0.287 e. The first-order chi connectivity index (χ1) is 11.6. The van der Waals surface area contributed by atoms with Crippen molar-refractivity contribution in [3.05, 3.63) is 46.2 Å². The van der Waals surface area contributed by atoms with Crippen LogP contribution >= 0.6 is 15.9 Å². The van der Waals surface area contributed by atoms with Crippen LogP contribution in [0.25, 0.3) is 0 Å². The molecule has 6 nitrogen and oxygen atoms in total. The van der Waals surface area contributed by atoms with Crippen LogP contribution in [0.5, 0.6) is 11.5 Å². The maximum absolute atomic E-state index is 11.8. The fourth-order valence-electron chi connectivity index (χ4n) is 1.84. The molecule has 0 spiro atoms. The Balaban J connectivity index is 2.04. The molecule has 2 rings (SSSR count). The van der Waals surface area contributed by atoms with E-state index in [9.17, 15) is 4.79 Å². The number of halogens is 1. The van der Waals surface area contributed by atoms with Crippen molar-refractivity contribution in [2.75, 3.05) is 13.2 Å². The van der Waals surface area contributed by atoms with Crippen molar-refractivity contribution < 1.29 is 14.3 Å². The molecule has 0 aliphatic heterocycles. The summed E-state index contributed by atoms with van der Waals surface area (Å²) in [4.78, 5) is 14.7. The van der Waals surface area contributed by atoms with Gasteiger partial charge in [0.2, 0.25) is 0 Å². The number of benzene rings is 1. The Bertz CT molecular complexity index is 778. The molecule has 24 heavy (non-hydrogen) atoms. The predicted molar refractivity (Wildman–Crippen MR) is 95.5 cm³/mol. The maximum Gasteiger partial charge on any atom is 0.287 e. The fourth-order valence-corrected chi connectivity index (χ4v) is 2.18. The van der Waals surface area contributed by atoms with Crippen LogP contribution in [0.1, 0.15) is 23.0 Å². The zero-order valence-electron chi connectivity index (χ0n) is 13.0. The van der Waals surface area contributed by atoms with Gasteiger partial charge in [0, 0.05) is 10.7 Å². The second-order valence-electron chi connectivity index (χ2n) is 4.56. The minimum atomic E-state index is -0.337. The van der Waals surface area contributed by atoms with Crippen molar-refractivity contribution in [1.82, 2.24) is 10.4 Å². The van der Waals surface area contributed by atoms with Crippen LogP contribution in [0.15, 0.2) is 40.0 Å². The number of terminal acetylenes is 1. The zero-order valence-corrected chi connectivity index (χ0v) is 14.6. The number of hydrazone groups is 1. The monoisotopic (exact) mass is 389 g/mol. The lowest BCUT2D eigenvalue weighted by atomic mass is 10.2. The first kappa shape index (κ1) is 17.6. The van der Waals surface area contributed by atoms with Gasteiger partial charge in [-0.25, -0.2) is 5.43 Å². The van der Waals surface area contributed by atoms with Crippen LogP contribution in [-0.2, 0) is 0 Å². The highest BCUT2D eigenvalue weighted by Crippen LogP contribution is 2.27. The third-order valence-electron chi connectivity index (χ3n) is 2.85. The molecule has 0 aliphatic carbocycles. The Hall–Kier alpha value is -2.72. The number of aromatic nitrogens is 1. The van der Waals surface area contributed by atoms with Gasteiger partial charge in [-0.1, -0.05) is 5.92 Å². The molecule has 2 N–H and O–H groups in total. The third kappa shape index (κ3) is 4.89. The van der Waals surface area contributed by atoms with E-state index in [1.165, 1.54) is 6.21 Å². The molecule has 1 heterocycles. The van der Waals surface area contributed by atoms with E-state index in [-0.39, 0.29) is 12.5 Å². The number of carbonyl (C=O) groups excluding carboxylic acids is 1. The second-order valence-corrected chi connectivity index (χ2v) is 5.48. The van der Waals surface area contributed by atoms with Gasteiger partial charge < -0.3 is 14.5 Å². The van der Waals surface area contributed by atoms with E-state index in [2.05, 4.69) is 37.4 Å². The Morgan fingerprint density at radius 1 is 1.42 bits per heavy atom. The number of carbonyl (C=O) groups is 1. The van der Waals surface area contributed by atoms with Gasteiger partial charge >= 0.3 is 0 Å². The largest absolute Gasteiger partial charge is 0.490 e. The summed E-state index contributed by atoms with van der Waals surface area (Å²) in [6.45, 7) is 2.53. The summed E-state index contributed by atoms with van der Waals surface area (Å²) in [5.74, 6) is 3.20. The second kappa shape index (κ2) is 8.79. The number of H-pyrrole nitrogens is 1. The molecule has 0 saturated carbocycles. The number of rotatable bonds is 7. The zero-order chi connectivity index (χ0) is 17.4. The van der Waals surface area contributed by atoms with E-state index in [0.717, 1.165) is 10.0 Å². The maximum atomic E-state index is 11.8. The Kier molecular flexibility index (Phi) is 6.46. The number of aromatic amines is 1. The molecular weight excluding hydrogens is 374 g/mol. The third-order valence-corrected chi connectivity index (χ3v) is 3.31. The van der Waals surface area contributed by atoms with E-state index in [1.807, 2.05) is 6.92 Å². The lowest BCUT2D eigenvalue weighted by molar-refractivity contribution is 0.0951. The Labute approximate surface area is 148 Å². The highest BCUT2D eigenvalue weighted by atomic mass is 79.9. The molecule has 7 heteroatoms. The van der Waals surface area contributed by atoms with Crippen LogP contribution in [0, 0.1) is 12.3 Å². The Morgan fingerprint density at radius 3 is 2.92 bits per heavy atom. The predicted octanol–water partition coefficient (Wildman–Crippen LogP) is 2.95. The molecule has 0 aliphatic rings. The minimum Gasteiger partial charge on any atom is -0.490 e. The SMILES string of the molecule is C#CCOc1ccc(/C=N\NC(=O)c2cc(Br)c[nH]2)cc1OCC. The van der Waals surface area contributed by atoms with Crippen molar-refractivity contribution in [1.29, 1.82) is 0 Å². The molecule has 0 bridgehead atoms. The number of hydrogen-bond acceptors (Lipinski definition) is 4. The minimum absolute atomic E-state index is 0.162. The number of amides is 1. The van der Waals surface area contributed by atoms with Gasteiger partial charge in [0.15, 0.2) is 11.5 Å². The number of ether oxygens (including phenoxy) is 2. The van der Waals surface area contributed by atoms with Crippen molar-refractivity contribution in [2.24, 2.45) is 5.10 Å². The van der Waals surface area contributed by atoms with Crippen LogP contribution in [0.3, 0.4) is 0 Å². The van der Waals surface area contributed by atoms with Gasteiger partial charge in [0.1, 0.15) is 12.3 Å². The molecule has 1 aromatic heterocycles. The van der Waals surface area contributed by atoms with Gasteiger partial charge in [-0.2, -0.15) is 5.10 Å². The molecule has 0 radical (unpaired) electrons. The summed E-state index contributed by atoms with van der Waals surface area (Å²) in [5.41, 5.74) is 3.60. The van der Waals surface area contributed by atoms with E-state index < -0.39 is 0 Å². The van der Waals surface area contributed by atoms with E-state index in [0.29, 0.717) is 23.8 Å². The van der Waals surface area contributed by atoms with Gasteiger partial charge in [-0.3, -0.25) is 4.79 Å². The standard InChI is InChI=1S/C17H16BrN3O3/c1-3-7-24-15-6-5-12(8-16(15)23-4-2)10-20-21-17(22)14-9-13(18)11-19-14/h1,5-6,8-11,19H,4,7H2,2H3,(H,21,22)/b20-10-. The highest BCUT2D eigenvalue weighted by molar-refractivity contribution is 9.10. The van der Waals surface area contributed by atoms with E-state index in [4.69, 9.17) is 15.9 Å². The van der Waals surface area contributed by atoms with Crippen LogP contribution < -0.4 is 14.9 Å². The average molecular weight is 390 g/mol. The summed E-state index contributed by atoms with van der Waals surface area (Å²) in [6.07, 6.45) is 8.38. The summed E-state index contributed by atoms with van der Waals surface area (Å²) < 4.78 is 11.7. The molecule has 124 valence electrons. The molecule has 1 amide bonds. The molecule has 0 fully saturated rings. The van der Waals surface area contributed by atoms with Crippen molar-refractivity contribution in [3.8, 4) is 23.8 Å². The first-order valence-electron chi connectivity index (χ1n) is 7.14. The van der Waals surface area contributed by atoms with Gasteiger partial charge in [0.25, 0.3) is 5.91 Å². The normalized spacial score (nSPS) is 10.4. The van der Waals surface area contributed by atoms with Gasteiger partial charge in [-0.15, -0.1) is 6.42 Å². The number of hydrogen-bond donors (Lipinski definition) is 2. The molecule has 2 aromatic rings. The quantitative estimate of drug-likeness (QED) is 0.434. The topological polar surface area (TPSA) is 75.7 Å². The van der Waals surface area contributed by atoms with Gasteiger partial charge in [-0.05, 0) is 52.7 Å². The molecule has 0 unspecified atom stereocenters. The molecule has 0 atom stereocenters. The van der Waals surface area contributed by atoms with Gasteiger partial charge in [0.05, 0.1) is 12.8 Å². The number of nitrogens with one attached hydrogen (secondary N) is 2. The van der Waals surface area contributed by atoms with Crippen LogP contribution in [0.2, 0.25) is 0 Å². The fraction of sp³-hybridized carbons (Fsp3) is 0.176. The van der Waals surface area contributed by atoms with E-state index >= 15 is 0 Å². The van der Waals surface area contributed by atoms with Crippen LogP contribution in [0.4, 0.5) is 0 Å². The van der Waals surface area contributed by atoms with Crippen molar-refractivity contribution in [3.63, 3.8) is 0 Å². The summed E-state index contributed by atoms with van der Waals surface area (Å²) in [7, 11) is 0. The average Bonchev–Trinajstić information content (AvgIpc) is 3.01. The summed E-state index contributed by atoms with van der Waals surface area (Å²) in [6, 6.07) is 6.95. The van der Waals surface area contributed by atoms with E-state index in [1.54, 1.807) is 30.5 Å². The Morgan fingerprint density at radius 2 is 2.25 bits per heavy atom. The summed E-state index contributed by atoms with van der Waals surface area (Å²) in [5, 5.41) is 3.93. The summed E-state index contributed by atoms with van der Waals surface area (Å²) >= 11 is 3.26. The highest BCUT2D eigenvalue weighted by Gasteiger charge is 2.07. The molecular formula is C17H16BrN3O3. The van der Waals surface area contributed by atoms with Crippen molar-refractivity contribution in [2.45, 2.75) is 6.92 Å². The molecule has 1 aromatic carbocycles. The van der Waals surface area contributed by atoms with Crippen molar-refractivity contribution >= 4 is 28.1 Å². The van der Waals surface area contributed by atoms with Crippen LogP contribution in [-0.4, -0.2) is 30.3 Å². The lowest BCUT2D eigenvalue weighted by Gasteiger charge is -2.10. The molecule has 0 saturated heterocycles. The number of nitrogens with zero attached hydrogens (tertiary/aromatic N) is 1. The lowest BCUT2D eigenvalue weighted by Crippen LogP contribution is -2.17. The first-order valence-corrected chi connectivity index (χ1v) is 7.93.